The molecule has 2 heterocycles. The van der Waals surface area contributed by atoms with Crippen LogP contribution < -0.4 is 10.9 Å². The molecule has 1 saturated heterocycles. The number of piperidine rings is 1. The topological polar surface area (TPSA) is 58.0 Å². The molecule has 2 atom stereocenters. The van der Waals surface area contributed by atoms with Gasteiger partial charge in [0.15, 0.2) is 0 Å². The van der Waals surface area contributed by atoms with Crippen LogP contribution in [0, 0.1) is 5.82 Å². The summed E-state index contributed by atoms with van der Waals surface area (Å²) in [6, 6.07) is 6.06. The molecule has 0 aliphatic carbocycles. The fourth-order valence-electron chi connectivity index (χ4n) is 2.70. The summed E-state index contributed by atoms with van der Waals surface area (Å²) >= 11 is 5.77. The lowest BCUT2D eigenvalue weighted by Gasteiger charge is -2.29. The van der Waals surface area contributed by atoms with Gasteiger partial charge in [-0.1, -0.05) is 17.7 Å². The van der Waals surface area contributed by atoms with E-state index in [4.69, 9.17) is 16.1 Å². The zero-order chi connectivity index (χ0) is 14.1. The molecule has 4 nitrogen and oxygen atoms in total. The first-order chi connectivity index (χ1) is 9.63. The van der Waals surface area contributed by atoms with Crippen molar-refractivity contribution in [1.29, 1.82) is 0 Å². The molecular weight excluding hydrogens is 283 g/mol. The fraction of sp³-hybridized carbons (Fsp3) is 0.357. The summed E-state index contributed by atoms with van der Waals surface area (Å²) in [6.07, 6.45) is 1.53. The van der Waals surface area contributed by atoms with Crippen molar-refractivity contribution >= 4 is 11.6 Å². The normalized spacial score (nSPS) is 22.9. The van der Waals surface area contributed by atoms with Crippen LogP contribution in [-0.2, 0) is 0 Å². The van der Waals surface area contributed by atoms with E-state index < -0.39 is 0 Å². The monoisotopic (exact) mass is 296 g/mol. The third-order valence-electron chi connectivity index (χ3n) is 3.69. The molecule has 1 fully saturated rings. The van der Waals surface area contributed by atoms with Crippen LogP contribution in [0.1, 0.15) is 36.1 Å². The van der Waals surface area contributed by atoms with Crippen molar-refractivity contribution in [2.24, 2.45) is 0 Å². The lowest BCUT2D eigenvalue weighted by molar-refractivity contribution is 0.292. The van der Waals surface area contributed by atoms with E-state index >= 15 is 0 Å². The zero-order valence-corrected chi connectivity index (χ0v) is 11.4. The van der Waals surface area contributed by atoms with Gasteiger partial charge in [-0.2, -0.15) is 5.16 Å². The molecule has 6 heteroatoms. The summed E-state index contributed by atoms with van der Waals surface area (Å²) in [5.41, 5.74) is 0.352. The summed E-state index contributed by atoms with van der Waals surface area (Å²) in [6.45, 7) is 0.742. The van der Waals surface area contributed by atoms with Crippen molar-refractivity contribution < 1.29 is 8.91 Å². The first kappa shape index (κ1) is 13.4. The van der Waals surface area contributed by atoms with Crippen molar-refractivity contribution in [1.82, 2.24) is 10.5 Å². The standard InChI is InChI=1S/C14H14ClFN2O2/c15-9-1-2-10(11(16)6-9)12-5-8(3-4-17-12)13-7-14(19)18-20-13/h1-2,6-8,12,17H,3-5H2,(H,18,19). The Hall–Kier alpha value is -1.59. The minimum absolute atomic E-state index is 0.105. The average Bonchev–Trinajstić information content (AvgIpc) is 2.86. The molecule has 0 amide bonds. The number of halogens is 2. The Labute approximate surface area is 119 Å². The van der Waals surface area contributed by atoms with Crippen LogP contribution in [0.3, 0.4) is 0 Å². The predicted molar refractivity (Wildman–Crippen MR) is 73.5 cm³/mol. The summed E-state index contributed by atoms with van der Waals surface area (Å²) < 4.78 is 19.1. The molecule has 1 aromatic heterocycles. The molecule has 2 unspecified atom stereocenters. The van der Waals surface area contributed by atoms with Gasteiger partial charge in [-0.25, -0.2) is 4.39 Å². The Kier molecular flexibility index (Phi) is 3.63. The van der Waals surface area contributed by atoms with Gasteiger partial charge in [-0.05, 0) is 31.5 Å². The Morgan fingerprint density at radius 3 is 2.90 bits per heavy atom. The number of H-pyrrole nitrogens is 1. The highest BCUT2D eigenvalue weighted by Gasteiger charge is 2.27. The first-order valence-electron chi connectivity index (χ1n) is 6.50. The lowest BCUT2D eigenvalue weighted by atomic mass is 9.87. The second-order valence-corrected chi connectivity index (χ2v) is 5.45. The molecule has 1 aliphatic heterocycles. The summed E-state index contributed by atoms with van der Waals surface area (Å²) in [5.74, 6) is 0.428. The van der Waals surface area contributed by atoms with Crippen LogP contribution in [0.5, 0.6) is 0 Å². The van der Waals surface area contributed by atoms with Gasteiger partial charge in [0.25, 0.3) is 5.56 Å². The van der Waals surface area contributed by atoms with Crippen molar-refractivity contribution in [3.63, 3.8) is 0 Å². The molecule has 20 heavy (non-hydrogen) atoms. The van der Waals surface area contributed by atoms with Gasteiger partial charge in [-0.15, -0.1) is 0 Å². The maximum Gasteiger partial charge on any atom is 0.280 e. The van der Waals surface area contributed by atoms with Gasteiger partial charge in [0.1, 0.15) is 11.6 Å². The summed E-state index contributed by atoms with van der Waals surface area (Å²) in [4.78, 5) is 11.1. The zero-order valence-electron chi connectivity index (χ0n) is 10.7. The van der Waals surface area contributed by atoms with Gasteiger partial charge in [0.2, 0.25) is 0 Å². The van der Waals surface area contributed by atoms with Gasteiger partial charge in [0.05, 0.1) is 0 Å². The largest absolute Gasteiger partial charge is 0.383 e. The molecule has 2 N–H and O–H groups in total. The molecule has 0 radical (unpaired) electrons. The number of benzene rings is 1. The van der Waals surface area contributed by atoms with Gasteiger partial charge < -0.3 is 9.84 Å². The molecule has 0 spiro atoms. The predicted octanol–water partition coefficient (Wildman–Crippen LogP) is 2.97. The summed E-state index contributed by atoms with van der Waals surface area (Å²) in [5, 5.41) is 5.97. The quantitative estimate of drug-likeness (QED) is 0.896. The number of rotatable bonds is 2. The van der Waals surface area contributed by atoms with E-state index in [-0.39, 0.29) is 23.3 Å². The van der Waals surface area contributed by atoms with E-state index in [2.05, 4.69) is 10.5 Å². The van der Waals surface area contributed by atoms with E-state index in [0.717, 1.165) is 13.0 Å². The molecule has 0 saturated carbocycles. The SMILES string of the molecule is O=c1cc(C2CCNC(c3ccc(Cl)cc3F)C2)o[nH]1. The second kappa shape index (κ2) is 5.42. The maximum atomic E-state index is 14.0. The minimum atomic E-state index is -0.314. The Morgan fingerprint density at radius 2 is 2.20 bits per heavy atom. The van der Waals surface area contributed by atoms with Crippen molar-refractivity contribution in [3.8, 4) is 0 Å². The van der Waals surface area contributed by atoms with Crippen LogP contribution in [-0.4, -0.2) is 11.7 Å². The Bertz CT molecular complexity index is 667. The number of hydrogen-bond acceptors (Lipinski definition) is 3. The van der Waals surface area contributed by atoms with Crippen LogP contribution in [0.4, 0.5) is 4.39 Å². The maximum absolute atomic E-state index is 14.0. The molecule has 0 bridgehead atoms. The highest BCUT2D eigenvalue weighted by atomic mass is 35.5. The number of hydrogen-bond donors (Lipinski definition) is 2. The van der Waals surface area contributed by atoms with E-state index in [1.54, 1.807) is 12.1 Å². The highest BCUT2D eigenvalue weighted by Crippen LogP contribution is 2.34. The molecular formula is C14H14ClFN2O2. The highest BCUT2D eigenvalue weighted by molar-refractivity contribution is 6.30. The van der Waals surface area contributed by atoms with E-state index in [1.807, 2.05) is 0 Å². The lowest BCUT2D eigenvalue weighted by Crippen LogP contribution is -2.31. The molecule has 3 rings (SSSR count). The third-order valence-corrected chi connectivity index (χ3v) is 3.92. The van der Waals surface area contributed by atoms with Gasteiger partial charge in [-0.3, -0.25) is 4.79 Å². The molecule has 2 aromatic rings. The van der Waals surface area contributed by atoms with Crippen LogP contribution in [0.2, 0.25) is 5.02 Å². The Morgan fingerprint density at radius 1 is 1.35 bits per heavy atom. The second-order valence-electron chi connectivity index (χ2n) is 5.01. The van der Waals surface area contributed by atoms with Crippen LogP contribution in [0.25, 0.3) is 0 Å². The number of aromatic amines is 1. The minimum Gasteiger partial charge on any atom is -0.383 e. The van der Waals surface area contributed by atoms with Gasteiger partial charge >= 0.3 is 0 Å². The van der Waals surface area contributed by atoms with E-state index in [0.29, 0.717) is 22.8 Å². The molecule has 1 aliphatic rings. The molecule has 1 aromatic carbocycles. The third kappa shape index (κ3) is 2.64. The number of aromatic nitrogens is 1. The Balaban J connectivity index is 1.83. The average molecular weight is 297 g/mol. The van der Waals surface area contributed by atoms with Crippen LogP contribution >= 0.6 is 11.6 Å². The van der Waals surface area contributed by atoms with Crippen molar-refractivity contribution in [2.75, 3.05) is 6.54 Å². The smallest absolute Gasteiger partial charge is 0.280 e. The number of nitrogens with one attached hydrogen (secondary N) is 2. The fourth-order valence-corrected chi connectivity index (χ4v) is 2.85. The summed E-state index contributed by atoms with van der Waals surface area (Å²) in [7, 11) is 0. The van der Waals surface area contributed by atoms with Crippen molar-refractivity contribution in [2.45, 2.75) is 24.8 Å². The first-order valence-corrected chi connectivity index (χ1v) is 6.88. The van der Waals surface area contributed by atoms with E-state index in [9.17, 15) is 9.18 Å². The van der Waals surface area contributed by atoms with Crippen molar-refractivity contribution in [3.05, 3.63) is 56.8 Å². The van der Waals surface area contributed by atoms with E-state index in [1.165, 1.54) is 12.1 Å². The van der Waals surface area contributed by atoms with Gasteiger partial charge in [0, 0.05) is 28.6 Å². The molecule has 106 valence electrons. The van der Waals surface area contributed by atoms with Crippen LogP contribution in [0.15, 0.2) is 33.6 Å².